The number of fused-ring (bicyclic) bond motifs is 6. The van der Waals surface area contributed by atoms with Crippen molar-refractivity contribution in [1.29, 1.82) is 0 Å². The number of para-hydroxylation sites is 2. The number of aryl methyl sites for hydroxylation is 1. The molecule has 1 aliphatic rings. The first-order valence-electron chi connectivity index (χ1n) is 13.0. The number of anilines is 3. The quantitative estimate of drug-likeness (QED) is 0.0944. The zero-order valence-corrected chi connectivity index (χ0v) is 22.4. The monoisotopic (exact) mass is 553 g/mol. The third-order valence-electron chi connectivity index (χ3n) is 7.86. The molecule has 0 radical (unpaired) electrons. The topological polar surface area (TPSA) is 84.9 Å². The van der Waals surface area contributed by atoms with E-state index in [4.69, 9.17) is 0 Å². The average Bonchev–Trinajstić information content (AvgIpc) is 2.99. The van der Waals surface area contributed by atoms with Gasteiger partial charge in [0.1, 0.15) is 5.39 Å². The predicted molar refractivity (Wildman–Crippen MR) is 164 cm³/mol. The summed E-state index contributed by atoms with van der Waals surface area (Å²) in [5, 5.41) is 13.2. The van der Waals surface area contributed by atoms with Crippen LogP contribution in [-0.2, 0) is 0 Å². The van der Waals surface area contributed by atoms with E-state index < -0.39 is 10.4 Å². The Morgan fingerprint density at radius 1 is 0.707 bits per heavy atom. The van der Waals surface area contributed by atoms with E-state index in [0.29, 0.717) is 27.3 Å². The van der Waals surface area contributed by atoms with E-state index in [0.717, 1.165) is 32.4 Å². The fourth-order valence-electron chi connectivity index (χ4n) is 6.03. The summed E-state index contributed by atoms with van der Waals surface area (Å²) >= 11 is 1.60. The summed E-state index contributed by atoms with van der Waals surface area (Å²) in [5.74, 6) is 0. The Bertz CT molecular complexity index is 2380. The molecule has 0 unspecified atom stereocenters. The molecule has 2 aromatic heterocycles. The van der Waals surface area contributed by atoms with Gasteiger partial charge in [-0.25, -0.2) is 0 Å². The molecule has 0 aliphatic carbocycles. The summed E-state index contributed by atoms with van der Waals surface area (Å²) in [5.41, 5.74) is 4.56. The molecule has 0 atom stereocenters. The standard InChI is InChI=1S/C33H19N3O4S/c1-18-12-14-19(15-13-18)34-23-8-2-3-11-28(23)41-29-16-22-26(17-27(29)34)35-24-9-5-10-25(36(39)40)30(24)33(38)21-7-4-6-20(31(21)35)32(22)37/h2-17H,1H3. The lowest BCUT2D eigenvalue weighted by atomic mass is 10.0. The number of nitrogens with zero attached hydrogens (tertiary/aromatic N) is 3. The van der Waals surface area contributed by atoms with E-state index in [9.17, 15) is 19.7 Å². The number of hydrogen-bond acceptors (Lipinski definition) is 6. The van der Waals surface area contributed by atoms with Gasteiger partial charge in [0.05, 0.1) is 32.8 Å². The van der Waals surface area contributed by atoms with Crippen molar-refractivity contribution in [2.75, 3.05) is 4.90 Å². The van der Waals surface area contributed by atoms with Gasteiger partial charge in [-0.3, -0.25) is 19.7 Å². The molecule has 41 heavy (non-hydrogen) atoms. The molecule has 0 saturated carbocycles. The smallest absolute Gasteiger partial charge is 0.282 e. The van der Waals surface area contributed by atoms with Crippen molar-refractivity contribution in [2.24, 2.45) is 0 Å². The number of aromatic nitrogens is 1. The van der Waals surface area contributed by atoms with Gasteiger partial charge in [-0.1, -0.05) is 53.7 Å². The average molecular weight is 554 g/mol. The summed E-state index contributed by atoms with van der Waals surface area (Å²) in [7, 11) is 0. The molecule has 7 nitrogen and oxygen atoms in total. The van der Waals surface area contributed by atoms with E-state index in [1.54, 1.807) is 42.1 Å². The molecule has 0 saturated heterocycles. The van der Waals surface area contributed by atoms with Gasteiger partial charge in [0.2, 0.25) is 5.43 Å². The van der Waals surface area contributed by atoms with Gasteiger partial charge in [0.25, 0.3) is 5.69 Å². The van der Waals surface area contributed by atoms with Crippen molar-refractivity contribution in [3.05, 3.63) is 133 Å². The highest BCUT2D eigenvalue weighted by atomic mass is 32.2. The van der Waals surface area contributed by atoms with Crippen molar-refractivity contribution in [3.8, 4) is 0 Å². The zero-order valence-electron chi connectivity index (χ0n) is 21.6. The molecule has 196 valence electrons. The van der Waals surface area contributed by atoms with Crippen LogP contribution in [0.3, 0.4) is 0 Å². The van der Waals surface area contributed by atoms with Crippen LogP contribution < -0.4 is 15.8 Å². The number of rotatable bonds is 2. The van der Waals surface area contributed by atoms with E-state index >= 15 is 0 Å². The molecule has 8 rings (SSSR count). The first-order valence-corrected chi connectivity index (χ1v) is 13.9. The summed E-state index contributed by atoms with van der Waals surface area (Å²) in [4.78, 5) is 43.3. The van der Waals surface area contributed by atoms with Crippen LogP contribution in [0.15, 0.2) is 116 Å². The number of hydrogen-bond donors (Lipinski definition) is 0. The molecule has 0 fully saturated rings. The van der Waals surface area contributed by atoms with Crippen molar-refractivity contribution >= 4 is 72.6 Å². The van der Waals surface area contributed by atoms with E-state index in [2.05, 4.69) is 41.3 Å². The highest BCUT2D eigenvalue weighted by Gasteiger charge is 2.28. The minimum atomic E-state index is -0.527. The number of nitro groups is 1. The molecule has 7 aromatic rings. The van der Waals surface area contributed by atoms with Crippen LogP contribution in [0.25, 0.3) is 38.1 Å². The Labute approximate surface area is 236 Å². The van der Waals surface area contributed by atoms with Crippen molar-refractivity contribution in [1.82, 2.24) is 4.40 Å². The van der Waals surface area contributed by atoms with Crippen LogP contribution >= 0.6 is 11.8 Å². The van der Waals surface area contributed by atoms with Crippen molar-refractivity contribution in [3.63, 3.8) is 0 Å². The van der Waals surface area contributed by atoms with E-state index in [1.807, 2.05) is 35.6 Å². The van der Waals surface area contributed by atoms with Crippen LogP contribution in [0.2, 0.25) is 0 Å². The second kappa shape index (κ2) is 8.39. The Kier molecular flexibility index (Phi) is 4.84. The highest BCUT2D eigenvalue weighted by Crippen LogP contribution is 2.52. The third-order valence-corrected chi connectivity index (χ3v) is 8.97. The van der Waals surface area contributed by atoms with Gasteiger partial charge in [0.15, 0.2) is 5.43 Å². The first kappa shape index (κ1) is 23.7. The second-order valence-corrected chi connectivity index (χ2v) is 11.3. The molecule has 0 N–H and O–H groups in total. The normalized spacial score (nSPS) is 12.8. The second-order valence-electron chi connectivity index (χ2n) is 10.2. The van der Waals surface area contributed by atoms with Crippen molar-refractivity contribution < 1.29 is 4.92 Å². The van der Waals surface area contributed by atoms with Crippen molar-refractivity contribution in [2.45, 2.75) is 16.7 Å². The minimum Gasteiger partial charge on any atom is -0.308 e. The van der Waals surface area contributed by atoms with Gasteiger partial charge in [-0.2, -0.15) is 0 Å². The maximum absolute atomic E-state index is 14.0. The summed E-state index contributed by atoms with van der Waals surface area (Å²) < 4.78 is 1.85. The van der Waals surface area contributed by atoms with Crippen LogP contribution in [0.4, 0.5) is 22.7 Å². The fourth-order valence-corrected chi connectivity index (χ4v) is 7.11. The number of nitro benzene ring substituents is 1. The molecular weight excluding hydrogens is 534 g/mol. The lowest BCUT2D eigenvalue weighted by Crippen LogP contribution is -2.18. The maximum atomic E-state index is 14.0. The first-order chi connectivity index (χ1) is 19.9. The maximum Gasteiger partial charge on any atom is 0.282 e. The third kappa shape index (κ3) is 3.22. The van der Waals surface area contributed by atoms with Crippen LogP contribution in [0, 0.1) is 17.0 Å². The lowest BCUT2D eigenvalue weighted by Gasteiger charge is -2.33. The lowest BCUT2D eigenvalue weighted by molar-refractivity contribution is -0.383. The molecule has 0 amide bonds. The Balaban J connectivity index is 1.59. The van der Waals surface area contributed by atoms with Gasteiger partial charge in [-0.15, -0.1) is 0 Å². The summed E-state index contributed by atoms with van der Waals surface area (Å²) in [6, 6.07) is 30.0. The SMILES string of the molecule is Cc1ccc(N2c3ccccc3Sc3cc4c(=O)c5cccc6c(=O)c7c([N+](=O)[O-])cccc7n(c4cc32)c56)cc1. The Morgan fingerprint density at radius 3 is 2.22 bits per heavy atom. The number of pyridine rings is 2. The zero-order chi connectivity index (χ0) is 28.0. The molecule has 0 bridgehead atoms. The molecular formula is C33H19N3O4S. The number of non-ortho nitro benzene ring substituents is 1. The molecule has 3 heterocycles. The van der Waals surface area contributed by atoms with Crippen LogP contribution in [0.5, 0.6) is 0 Å². The van der Waals surface area contributed by atoms with Gasteiger partial charge in [-0.05, 0) is 61.5 Å². The van der Waals surface area contributed by atoms with Gasteiger partial charge < -0.3 is 9.30 Å². The summed E-state index contributed by atoms with van der Waals surface area (Å²) in [6.45, 7) is 2.04. The molecule has 5 aromatic carbocycles. The predicted octanol–water partition coefficient (Wildman–Crippen LogP) is 7.71. The van der Waals surface area contributed by atoms with Crippen LogP contribution in [-0.4, -0.2) is 9.32 Å². The minimum absolute atomic E-state index is 0.0234. The Hall–Kier alpha value is -5.21. The molecule has 0 spiro atoms. The van der Waals surface area contributed by atoms with E-state index in [1.165, 1.54) is 6.07 Å². The fraction of sp³-hybridized carbons (Fsp3) is 0.0303. The molecule has 1 aliphatic heterocycles. The number of benzene rings is 5. The highest BCUT2D eigenvalue weighted by molar-refractivity contribution is 7.99. The Morgan fingerprint density at radius 2 is 1.44 bits per heavy atom. The molecule has 8 heteroatoms. The van der Waals surface area contributed by atoms with Gasteiger partial charge >= 0.3 is 0 Å². The van der Waals surface area contributed by atoms with Gasteiger partial charge in [0, 0.05) is 37.7 Å². The largest absolute Gasteiger partial charge is 0.308 e. The van der Waals surface area contributed by atoms with Crippen LogP contribution in [0.1, 0.15) is 5.56 Å². The van der Waals surface area contributed by atoms with E-state index in [-0.39, 0.29) is 21.9 Å². The summed E-state index contributed by atoms with van der Waals surface area (Å²) in [6.07, 6.45) is 0.